The second kappa shape index (κ2) is 8.22. The maximum atomic E-state index is 13.5. The van der Waals surface area contributed by atoms with Gasteiger partial charge in [0.25, 0.3) is 11.5 Å². The quantitative estimate of drug-likeness (QED) is 0.661. The van der Waals surface area contributed by atoms with E-state index >= 15 is 0 Å². The van der Waals surface area contributed by atoms with Gasteiger partial charge in [0.1, 0.15) is 0 Å². The Bertz CT molecular complexity index is 1150. The molecule has 156 valence electrons. The van der Waals surface area contributed by atoms with Crippen molar-refractivity contribution >= 4 is 22.8 Å². The first-order valence-electron chi connectivity index (χ1n) is 9.98. The second-order valence-electron chi connectivity index (χ2n) is 7.29. The summed E-state index contributed by atoms with van der Waals surface area (Å²) in [5, 5.41) is 0. The molecule has 30 heavy (non-hydrogen) atoms. The van der Waals surface area contributed by atoms with Gasteiger partial charge in [-0.15, -0.1) is 0 Å². The monoisotopic (exact) mass is 412 g/mol. The van der Waals surface area contributed by atoms with Crippen molar-refractivity contribution in [3.63, 3.8) is 0 Å². The van der Waals surface area contributed by atoms with Crippen LogP contribution in [0.3, 0.4) is 0 Å². The number of aromatic nitrogens is 2. The molecule has 0 radical (unpaired) electrons. The summed E-state index contributed by atoms with van der Waals surface area (Å²) in [6.45, 7) is 4.21. The van der Waals surface area contributed by atoms with E-state index in [0.29, 0.717) is 38.5 Å². The van der Waals surface area contributed by atoms with Gasteiger partial charge < -0.3 is 14.4 Å². The molecular weight excluding hydrogens is 390 g/mol. The van der Waals surface area contributed by atoms with E-state index in [9.17, 15) is 18.4 Å². The molecule has 0 aliphatic carbocycles. The largest absolute Gasteiger partial charge is 0.348 e. The van der Waals surface area contributed by atoms with Gasteiger partial charge in [0.05, 0.1) is 11.0 Å². The number of aryl methyl sites for hydroxylation is 1. The number of anilines is 1. The zero-order chi connectivity index (χ0) is 21.3. The molecule has 0 bridgehead atoms. The summed E-state index contributed by atoms with van der Waals surface area (Å²) < 4.78 is 28.3. The lowest BCUT2D eigenvalue weighted by atomic mass is 10.1. The van der Waals surface area contributed by atoms with Crippen LogP contribution in [-0.4, -0.2) is 46.5 Å². The van der Waals surface area contributed by atoms with Crippen LogP contribution in [0, 0.1) is 11.6 Å². The van der Waals surface area contributed by atoms with Crippen molar-refractivity contribution in [2.45, 2.75) is 19.9 Å². The lowest BCUT2D eigenvalue weighted by Gasteiger charge is -2.35. The molecule has 4 rings (SSSR count). The Kier molecular flexibility index (Phi) is 5.48. The fourth-order valence-corrected chi connectivity index (χ4v) is 3.76. The van der Waals surface area contributed by atoms with E-state index in [1.165, 1.54) is 6.07 Å². The first kappa shape index (κ1) is 20.0. The fourth-order valence-electron chi connectivity index (χ4n) is 3.76. The third kappa shape index (κ3) is 3.65. The number of halogens is 2. The Morgan fingerprint density at radius 1 is 1.03 bits per heavy atom. The van der Waals surface area contributed by atoms with Crippen molar-refractivity contribution < 1.29 is 13.6 Å². The van der Waals surface area contributed by atoms with Crippen LogP contribution < -0.4 is 10.5 Å². The molecule has 1 aliphatic rings. The Hall–Kier alpha value is -3.29. The van der Waals surface area contributed by atoms with Crippen LogP contribution in [0.25, 0.3) is 11.0 Å². The molecule has 3 aromatic rings. The Morgan fingerprint density at radius 3 is 2.47 bits per heavy atom. The molecule has 1 aromatic heterocycles. The summed E-state index contributed by atoms with van der Waals surface area (Å²) in [7, 11) is 0. The van der Waals surface area contributed by atoms with Gasteiger partial charge in [0.15, 0.2) is 17.5 Å². The summed E-state index contributed by atoms with van der Waals surface area (Å²) in [5.41, 5.74) is 1.52. The molecule has 1 saturated heterocycles. The second-order valence-corrected chi connectivity index (χ2v) is 7.29. The number of nitrogens with zero attached hydrogens (tertiary/aromatic N) is 4. The van der Waals surface area contributed by atoms with Crippen LogP contribution in [0.1, 0.15) is 23.7 Å². The number of piperazine rings is 1. The molecule has 6 nitrogen and oxygen atoms in total. The zero-order valence-electron chi connectivity index (χ0n) is 16.6. The molecular formula is C22H22F2N4O2. The van der Waals surface area contributed by atoms with Crippen LogP contribution in [-0.2, 0) is 6.54 Å². The van der Waals surface area contributed by atoms with E-state index in [-0.39, 0.29) is 17.0 Å². The van der Waals surface area contributed by atoms with Crippen molar-refractivity contribution in [2.24, 2.45) is 0 Å². The molecule has 1 fully saturated rings. The maximum Gasteiger partial charge on any atom is 0.294 e. The van der Waals surface area contributed by atoms with E-state index in [1.54, 1.807) is 9.47 Å². The third-order valence-corrected chi connectivity index (χ3v) is 5.32. The molecule has 1 amide bonds. The predicted molar refractivity (Wildman–Crippen MR) is 111 cm³/mol. The number of fused-ring (bicyclic) bond motifs is 1. The van der Waals surface area contributed by atoms with Crippen LogP contribution in [0.4, 0.5) is 14.6 Å². The van der Waals surface area contributed by atoms with Gasteiger partial charge in [-0.1, -0.05) is 19.1 Å². The molecule has 0 atom stereocenters. The van der Waals surface area contributed by atoms with Gasteiger partial charge in [-0.2, -0.15) is 0 Å². The normalized spacial score (nSPS) is 14.4. The maximum absolute atomic E-state index is 13.5. The standard InChI is InChI=1S/C22H22F2N4O2/c1-2-9-28-19-6-4-3-5-18(19)25-20(22(28)30)26-10-12-27(13-11-26)21(29)15-7-8-16(23)17(24)14-15/h3-8,14H,2,9-13H2,1H3. The van der Waals surface area contributed by atoms with Crippen molar-refractivity contribution in [1.82, 2.24) is 14.5 Å². The average molecular weight is 412 g/mol. The average Bonchev–Trinajstić information content (AvgIpc) is 2.77. The van der Waals surface area contributed by atoms with E-state index < -0.39 is 11.6 Å². The molecule has 2 aromatic carbocycles. The summed E-state index contributed by atoms with van der Waals surface area (Å²) in [6, 6.07) is 10.7. The van der Waals surface area contributed by atoms with Crippen LogP contribution in [0.2, 0.25) is 0 Å². The van der Waals surface area contributed by atoms with Gasteiger partial charge in [0.2, 0.25) is 0 Å². The van der Waals surface area contributed by atoms with Gasteiger partial charge in [-0.3, -0.25) is 9.59 Å². The number of rotatable bonds is 4. The summed E-state index contributed by atoms with van der Waals surface area (Å²) in [4.78, 5) is 33.8. The van der Waals surface area contributed by atoms with Gasteiger partial charge in [0, 0.05) is 38.3 Å². The SMILES string of the molecule is CCCn1c(=O)c(N2CCN(C(=O)c3ccc(F)c(F)c3)CC2)nc2ccccc21. The van der Waals surface area contributed by atoms with Crippen molar-refractivity contribution in [1.29, 1.82) is 0 Å². The minimum absolute atomic E-state index is 0.108. The summed E-state index contributed by atoms with van der Waals surface area (Å²) >= 11 is 0. The fraction of sp³-hybridized carbons (Fsp3) is 0.318. The number of carbonyl (C=O) groups excluding carboxylic acids is 1. The van der Waals surface area contributed by atoms with Gasteiger partial charge in [-0.25, -0.2) is 13.8 Å². The highest BCUT2D eigenvalue weighted by Crippen LogP contribution is 2.18. The Balaban J connectivity index is 1.56. The van der Waals surface area contributed by atoms with Gasteiger partial charge >= 0.3 is 0 Å². The number of hydrogen-bond donors (Lipinski definition) is 0. The highest BCUT2D eigenvalue weighted by atomic mass is 19.2. The van der Waals surface area contributed by atoms with Crippen molar-refractivity contribution in [2.75, 3.05) is 31.1 Å². The molecule has 2 heterocycles. The van der Waals surface area contributed by atoms with E-state index in [0.717, 1.165) is 29.6 Å². The highest BCUT2D eigenvalue weighted by Gasteiger charge is 2.25. The third-order valence-electron chi connectivity index (χ3n) is 5.32. The molecule has 0 unspecified atom stereocenters. The number of para-hydroxylation sites is 2. The highest BCUT2D eigenvalue weighted by molar-refractivity contribution is 5.94. The lowest BCUT2D eigenvalue weighted by Crippen LogP contribution is -2.50. The predicted octanol–water partition coefficient (Wildman–Crippen LogP) is 3.05. The zero-order valence-corrected chi connectivity index (χ0v) is 16.6. The van der Waals surface area contributed by atoms with Crippen LogP contribution in [0.15, 0.2) is 47.3 Å². The first-order chi connectivity index (χ1) is 14.5. The Morgan fingerprint density at radius 2 is 1.77 bits per heavy atom. The van der Waals surface area contributed by atoms with Crippen molar-refractivity contribution in [3.8, 4) is 0 Å². The number of benzene rings is 2. The van der Waals surface area contributed by atoms with E-state index in [1.807, 2.05) is 36.1 Å². The number of hydrogen-bond acceptors (Lipinski definition) is 4. The molecule has 0 spiro atoms. The molecule has 0 saturated carbocycles. The smallest absolute Gasteiger partial charge is 0.294 e. The minimum atomic E-state index is -1.05. The van der Waals surface area contributed by atoms with Crippen molar-refractivity contribution in [3.05, 3.63) is 70.0 Å². The van der Waals surface area contributed by atoms with E-state index in [2.05, 4.69) is 4.98 Å². The minimum Gasteiger partial charge on any atom is -0.348 e. The van der Waals surface area contributed by atoms with Gasteiger partial charge in [-0.05, 0) is 36.8 Å². The molecule has 8 heteroatoms. The number of carbonyl (C=O) groups is 1. The topological polar surface area (TPSA) is 58.4 Å². The van der Waals surface area contributed by atoms with E-state index in [4.69, 9.17) is 0 Å². The molecule has 1 aliphatic heterocycles. The Labute approximate surface area is 172 Å². The molecule has 0 N–H and O–H groups in total. The summed E-state index contributed by atoms with van der Waals surface area (Å²) in [6.07, 6.45) is 0.823. The van der Waals surface area contributed by atoms with Crippen LogP contribution in [0.5, 0.6) is 0 Å². The van der Waals surface area contributed by atoms with Crippen LogP contribution >= 0.6 is 0 Å². The summed E-state index contributed by atoms with van der Waals surface area (Å²) in [5.74, 6) is -2.01. The lowest BCUT2D eigenvalue weighted by molar-refractivity contribution is 0.0746. The first-order valence-corrected chi connectivity index (χ1v) is 9.98. The number of amides is 1.